The van der Waals surface area contributed by atoms with Crippen LogP contribution in [0, 0.1) is 0 Å². The van der Waals surface area contributed by atoms with Crippen LogP contribution >= 0.6 is 0 Å². The lowest BCUT2D eigenvalue weighted by Crippen LogP contribution is -2.41. The Morgan fingerprint density at radius 1 is 1.29 bits per heavy atom. The third kappa shape index (κ3) is 4.25. The molecule has 0 amide bonds. The first-order valence-electron chi connectivity index (χ1n) is 6.39. The molecule has 1 saturated heterocycles. The van der Waals surface area contributed by atoms with Gasteiger partial charge in [0.15, 0.2) is 0 Å². The minimum absolute atomic E-state index is 0.494. The van der Waals surface area contributed by atoms with Crippen molar-refractivity contribution in [2.75, 3.05) is 11.5 Å². The summed E-state index contributed by atoms with van der Waals surface area (Å²) in [6, 6.07) is 11.6. The normalized spacial score (nSPS) is 26.6. The Morgan fingerprint density at radius 3 is 2.59 bits per heavy atom. The molecule has 0 saturated carbocycles. The lowest BCUT2D eigenvalue weighted by molar-refractivity contribution is 0.417. The summed E-state index contributed by atoms with van der Waals surface area (Å²) in [5.74, 6) is 1.74. The largest absolute Gasteiger partial charge is 0.311 e. The summed E-state index contributed by atoms with van der Waals surface area (Å²) in [5.41, 5.74) is 1.38. The van der Waals surface area contributed by atoms with E-state index in [1.54, 1.807) is 0 Å². The summed E-state index contributed by atoms with van der Waals surface area (Å²) in [4.78, 5) is 0. The zero-order valence-corrected chi connectivity index (χ0v) is 11.2. The average molecular weight is 251 g/mol. The van der Waals surface area contributed by atoms with E-state index in [4.69, 9.17) is 0 Å². The number of rotatable bonds is 4. The van der Waals surface area contributed by atoms with Gasteiger partial charge in [0, 0.05) is 34.4 Å². The van der Waals surface area contributed by atoms with Crippen molar-refractivity contribution in [3.63, 3.8) is 0 Å². The van der Waals surface area contributed by atoms with Crippen molar-refractivity contribution in [3.8, 4) is 0 Å². The zero-order chi connectivity index (χ0) is 12.1. The molecule has 17 heavy (non-hydrogen) atoms. The Labute approximate surface area is 106 Å². The van der Waals surface area contributed by atoms with E-state index in [2.05, 4.69) is 42.6 Å². The SMILES string of the molecule is CC(Cc1ccccc1)NC1CCS(=O)CC1. The molecule has 1 aromatic carbocycles. The Bertz CT molecular complexity index is 356. The standard InChI is InChI=1S/C14H21NOS/c1-12(11-13-5-3-2-4-6-13)15-14-7-9-17(16)10-8-14/h2-6,12,14-15H,7-11H2,1H3. The maximum absolute atomic E-state index is 11.3. The summed E-state index contributed by atoms with van der Waals surface area (Å²) in [6.07, 6.45) is 3.19. The Hall–Kier alpha value is -0.670. The highest BCUT2D eigenvalue weighted by atomic mass is 32.2. The summed E-state index contributed by atoms with van der Waals surface area (Å²) >= 11 is 0. The molecule has 2 nitrogen and oxygen atoms in total. The predicted octanol–water partition coefficient (Wildman–Crippen LogP) is 2.12. The smallest absolute Gasteiger partial charge is 0.0249 e. The molecule has 0 aromatic heterocycles. The fraction of sp³-hybridized carbons (Fsp3) is 0.571. The van der Waals surface area contributed by atoms with Crippen LogP contribution in [0.4, 0.5) is 0 Å². The minimum Gasteiger partial charge on any atom is -0.311 e. The number of benzene rings is 1. The first kappa shape index (κ1) is 12.8. The van der Waals surface area contributed by atoms with Crippen molar-refractivity contribution < 1.29 is 4.21 Å². The Balaban J connectivity index is 1.77. The van der Waals surface area contributed by atoms with Gasteiger partial charge in [0.05, 0.1) is 0 Å². The lowest BCUT2D eigenvalue weighted by Gasteiger charge is -2.26. The highest BCUT2D eigenvalue weighted by Crippen LogP contribution is 2.11. The van der Waals surface area contributed by atoms with Crippen LogP contribution in [0.1, 0.15) is 25.3 Å². The summed E-state index contributed by atoms with van der Waals surface area (Å²) < 4.78 is 11.3. The highest BCUT2D eigenvalue weighted by Gasteiger charge is 2.19. The Morgan fingerprint density at radius 2 is 1.94 bits per heavy atom. The van der Waals surface area contributed by atoms with Crippen LogP contribution in [0.2, 0.25) is 0 Å². The molecule has 0 spiro atoms. The molecule has 2 rings (SSSR count). The van der Waals surface area contributed by atoms with E-state index in [0.717, 1.165) is 30.8 Å². The van der Waals surface area contributed by atoms with Gasteiger partial charge in [-0.05, 0) is 31.7 Å². The van der Waals surface area contributed by atoms with Crippen LogP contribution in [0.25, 0.3) is 0 Å². The first-order valence-corrected chi connectivity index (χ1v) is 7.88. The fourth-order valence-electron chi connectivity index (χ4n) is 2.39. The Kier molecular flexibility index (Phi) is 4.75. The van der Waals surface area contributed by atoms with E-state index in [1.165, 1.54) is 5.56 Å². The molecule has 1 aromatic rings. The molecule has 1 heterocycles. The number of hydrogen-bond acceptors (Lipinski definition) is 2. The van der Waals surface area contributed by atoms with Gasteiger partial charge < -0.3 is 5.32 Å². The topological polar surface area (TPSA) is 29.1 Å². The van der Waals surface area contributed by atoms with Gasteiger partial charge in [0.25, 0.3) is 0 Å². The molecule has 0 bridgehead atoms. The van der Waals surface area contributed by atoms with Gasteiger partial charge in [-0.25, -0.2) is 0 Å². The highest BCUT2D eigenvalue weighted by molar-refractivity contribution is 7.85. The molecule has 3 heteroatoms. The van der Waals surface area contributed by atoms with Gasteiger partial charge in [-0.3, -0.25) is 4.21 Å². The van der Waals surface area contributed by atoms with Gasteiger partial charge in [0.2, 0.25) is 0 Å². The predicted molar refractivity (Wildman–Crippen MR) is 73.6 cm³/mol. The molecular weight excluding hydrogens is 230 g/mol. The maximum atomic E-state index is 11.3. The number of hydrogen-bond donors (Lipinski definition) is 1. The fourth-order valence-corrected chi connectivity index (χ4v) is 3.69. The van der Waals surface area contributed by atoms with E-state index < -0.39 is 10.8 Å². The van der Waals surface area contributed by atoms with Crippen molar-refractivity contribution in [1.29, 1.82) is 0 Å². The van der Waals surface area contributed by atoms with E-state index >= 15 is 0 Å². The van der Waals surface area contributed by atoms with Crippen LogP contribution in [-0.4, -0.2) is 27.8 Å². The van der Waals surface area contributed by atoms with E-state index in [1.807, 2.05) is 0 Å². The van der Waals surface area contributed by atoms with Crippen molar-refractivity contribution in [3.05, 3.63) is 35.9 Å². The molecule has 1 atom stereocenters. The van der Waals surface area contributed by atoms with Gasteiger partial charge in [-0.15, -0.1) is 0 Å². The van der Waals surface area contributed by atoms with E-state index in [-0.39, 0.29) is 0 Å². The minimum atomic E-state index is -0.554. The third-order valence-corrected chi connectivity index (χ3v) is 4.67. The molecule has 1 N–H and O–H groups in total. The van der Waals surface area contributed by atoms with Crippen molar-refractivity contribution in [1.82, 2.24) is 5.32 Å². The third-order valence-electron chi connectivity index (χ3n) is 3.29. The molecule has 0 aliphatic carbocycles. The van der Waals surface area contributed by atoms with Crippen LogP contribution in [0.3, 0.4) is 0 Å². The first-order chi connectivity index (χ1) is 8.24. The zero-order valence-electron chi connectivity index (χ0n) is 10.4. The van der Waals surface area contributed by atoms with E-state index in [0.29, 0.717) is 12.1 Å². The summed E-state index contributed by atoms with van der Waals surface area (Å²) in [6.45, 7) is 2.23. The van der Waals surface area contributed by atoms with Gasteiger partial charge in [0.1, 0.15) is 0 Å². The second kappa shape index (κ2) is 6.31. The molecule has 1 unspecified atom stereocenters. The van der Waals surface area contributed by atoms with Crippen LogP contribution in [0.5, 0.6) is 0 Å². The molecule has 1 fully saturated rings. The van der Waals surface area contributed by atoms with Crippen molar-refractivity contribution in [2.45, 2.75) is 38.3 Å². The molecule has 1 aliphatic heterocycles. The molecule has 94 valence electrons. The monoisotopic (exact) mass is 251 g/mol. The van der Waals surface area contributed by atoms with Gasteiger partial charge in [-0.2, -0.15) is 0 Å². The van der Waals surface area contributed by atoms with Crippen LogP contribution < -0.4 is 5.32 Å². The average Bonchev–Trinajstić information content (AvgIpc) is 2.33. The molecule has 1 aliphatic rings. The summed E-state index contributed by atoms with van der Waals surface area (Å²) in [5, 5.41) is 3.65. The molecule has 0 radical (unpaired) electrons. The number of nitrogens with one attached hydrogen (secondary N) is 1. The van der Waals surface area contributed by atoms with Crippen LogP contribution in [0.15, 0.2) is 30.3 Å². The molecular formula is C14H21NOS. The van der Waals surface area contributed by atoms with Gasteiger partial charge >= 0.3 is 0 Å². The van der Waals surface area contributed by atoms with Crippen molar-refractivity contribution >= 4 is 10.8 Å². The quantitative estimate of drug-likeness (QED) is 0.888. The maximum Gasteiger partial charge on any atom is 0.0249 e. The van der Waals surface area contributed by atoms with E-state index in [9.17, 15) is 4.21 Å². The van der Waals surface area contributed by atoms with Gasteiger partial charge in [-0.1, -0.05) is 30.3 Å². The van der Waals surface area contributed by atoms with Crippen LogP contribution in [-0.2, 0) is 17.2 Å². The summed E-state index contributed by atoms with van der Waals surface area (Å²) in [7, 11) is -0.554. The van der Waals surface area contributed by atoms with Crippen molar-refractivity contribution in [2.24, 2.45) is 0 Å². The second-order valence-corrected chi connectivity index (χ2v) is 6.58. The lowest BCUT2D eigenvalue weighted by atomic mass is 10.0. The second-order valence-electron chi connectivity index (χ2n) is 4.88.